The lowest BCUT2D eigenvalue weighted by Crippen LogP contribution is -2.39. The normalized spacial score (nSPS) is 27.6. The molecule has 2 saturated heterocycles. The number of nitrogens with one attached hydrogen (secondary N) is 1. The maximum absolute atomic E-state index is 4.34. The summed E-state index contributed by atoms with van der Waals surface area (Å²) in [6, 6.07) is 7.72. The van der Waals surface area contributed by atoms with Crippen molar-refractivity contribution >= 4 is 0 Å². The summed E-state index contributed by atoms with van der Waals surface area (Å²) in [5.41, 5.74) is 1.13. The summed E-state index contributed by atoms with van der Waals surface area (Å²) in [6.45, 7) is 5.59. The van der Waals surface area contributed by atoms with Crippen molar-refractivity contribution < 1.29 is 0 Å². The van der Waals surface area contributed by atoms with Crippen LogP contribution in [0.3, 0.4) is 0 Å². The highest BCUT2D eigenvalue weighted by Crippen LogP contribution is 2.28. The van der Waals surface area contributed by atoms with E-state index in [9.17, 15) is 0 Å². The number of hydrogen-bond acceptors (Lipinski definition) is 4. The third kappa shape index (κ3) is 3.37. The predicted molar refractivity (Wildman–Crippen MR) is 81.6 cm³/mol. The van der Waals surface area contributed by atoms with Gasteiger partial charge in [-0.2, -0.15) is 0 Å². The fourth-order valence-corrected chi connectivity index (χ4v) is 3.54. The Kier molecular flexibility index (Phi) is 4.65. The molecule has 3 rings (SSSR count). The highest BCUT2D eigenvalue weighted by molar-refractivity contribution is 5.02. The van der Waals surface area contributed by atoms with Gasteiger partial charge in [-0.3, -0.25) is 9.88 Å². The van der Waals surface area contributed by atoms with Crippen LogP contribution >= 0.6 is 0 Å². The second-order valence-corrected chi connectivity index (χ2v) is 6.14. The van der Waals surface area contributed by atoms with Gasteiger partial charge < -0.3 is 10.2 Å². The van der Waals surface area contributed by atoms with Crippen molar-refractivity contribution in [1.82, 2.24) is 20.1 Å². The molecule has 0 saturated carbocycles. The van der Waals surface area contributed by atoms with Gasteiger partial charge in [0, 0.05) is 44.5 Å². The Hall–Kier alpha value is -0.970. The van der Waals surface area contributed by atoms with Crippen LogP contribution in [0.1, 0.15) is 25.0 Å². The minimum atomic E-state index is 0.790. The second-order valence-electron chi connectivity index (χ2n) is 6.14. The zero-order valence-corrected chi connectivity index (χ0v) is 12.5. The Morgan fingerprint density at radius 1 is 1.25 bits per heavy atom. The van der Waals surface area contributed by atoms with Crippen LogP contribution in [0.5, 0.6) is 0 Å². The van der Waals surface area contributed by atoms with E-state index in [1.54, 1.807) is 0 Å². The molecule has 2 atom stereocenters. The molecule has 1 aromatic heterocycles. The van der Waals surface area contributed by atoms with Crippen molar-refractivity contribution in [3.8, 4) is 0 Å². The third-order valence-electron chi connectivity index (χ3n) is 4.87. The van der Waals surface area contributed by atoms with Gasteiger partial charge in [-0.15, -0.1) is 0 Å². The van der Waals surface area contributed by atoms with Crippen molar-refractivity contribution in [2.75, 3.05) is 33.2 Å². The summed E-state index contributed by atoms with van der Waals surface area (Å²) in [5.74, 6) is 0. The minimum Gasteiger partial charge on any atom is -0.310 e. The molecule has 2 aliphatic rings. The third-order valence-corrected chi connectivity index (χ3v) is 4.87. The molecule has 0 aliphatic carbocycles. The van der Waals surface area contributed by atoms with Gasteiger partial charge in [0.2, 0.25) is 0 Å². The molecule has 0 amide bonds. The maximum Gasteiger partial charge on any atom is 0.0541 e. The van der Waals surface area contributed by atoms with Crippen LogP contribution in [-0.2, 0) is 6.54 Å². The van der Waals surface area contributed by atoms with Gasteiger partial charge >= 0.3 is 0 Å². The fourth-order valence-electron chi connectivity index (χ4n) is 3.54. The summed E-state index contributed by atoms with van der Waals surface area (Å²) in [6.07, 6.45) is 6.00. The SMILES string of the molecule is CN1C2CCC1CN(CCNCc1ccccn1)CC2. The number of aromatic nitrogens is 1. The Balaban J connectivity index is 1.39. The molecule has 2 fully saturated rings. The van der Waals surface area contributed by atoms with Crippen LogP contribution < -0.4 is 5.32 Å². The molecule has 110 valence electrons. The molecule has 4 heteroatoms. The number of nitrogens with zero attached hydrogens (tertiary/aromatic N) is 3. The van der Waals surface area contributed by atoms with Gasteiger partial charge in [0.25, 0.3) is 0 Å². The molecule has 1 aromatic rings. The van der Waals surface area contributed by atoms with Crippen molar-refractivity contribution in [3.05, 3.63) is 30.1 Å². The monoisotopic (exact) mass is 274 g/mol. The maximum atomic E-state index is 4.34. The molecule has 2 bridgehead atoms. The molecule has 4 nitrogen and oxygen atoms in total. The summed E-state index contributed by atoms with van der Waals surface area (Å²) in [7, 11) is 2.31. The van der Waals surface area contributed by atoms with Gasteiger partial charge in [-0.25, -0.2) is 0 Å². The molecule has 1 N–H and O–H groups in total. The minimum absolute atomic E-state index is 0.790. The fraction of sp³-hybridized carbons (Fsp3) is 0.688. The lowest BCUT2D eigenvalue weighted by atomic mass is 10.1. The second kappa shape index (κ2) is 6.66. The summed E-state index contributed by atoms with van der Waals surface area (Å²) >= 11 is 0. The Morgan fingerprint density at radius 2 is 2.15 bits per heavy atom. The van der Waals surface area contributed by atoms with Crippen LogP contribution in [0.4, 0.5) is 0 Å². The van der Waals surface area contributed by atoms with Gasteiger partial charge in [0.1, 0.15) is 0 Å². The van der Waals surface area contributed by atoms with Gasteiger partial charge in [-0.1, -0.05) is 6.07 Å². The lowest BCUT2D eigenvalue weighted by molar-refractivity contribution is 0.219. The van der Waals surface area contributed by atoms with Crippen molar-refractivity contribution in [2.45, 2.75) is 37.9 Å². The van der Waals surface area contributed by atoms with Gasteiger partial charge in [0.05, 0.1) is 5.69 Å². The van der Waals surface area contributed by atoms with Crippen molar-refractivity contribution in [2.24, 2.45) is 0 Å². The van der Waals surface area contributed by atoms with E-state index >= 15 is 0 Å². The Labute approximate surface area is 122 Å². The van der Waals surface area contributed by atoms with E-state index in [4.69, 9.17) is 0 Å². The average molecular weight is 274 g/mol. The molecule has 2 unspecified atom stereocenters. The number of likely N-dealkylation sites (tertiary alicyclic amines) is 1. The predicted octanol–water partition coefficient (Wildman–Crippen LogP) is 1.34. The van der Waals surface area contributed by atoms with Crippen molar-refractivity contribution in [3.63, 3.8) is 0 Å². The lowest BCUT2D eigenvalue weighted by Gasteiger charge is -2.25. The summed E-state index contributed by atoms with van der Waals surface area (Å²) < 4.78 is 0. The van der Waals surface area contributed by atoms with Crippen LogP contribution in [0.15, 0.2) is 24.4 Å². The molecule has 0 aromatic carbocycles. The first-order chi connectivity index (χ1) is 9.83. The van der Waals surface area contributed by atoms with Crippen LogP contribution in [0.2, 0.25) is 0 Å². The smallest absolute Gasteiger partial charge is 0.0541 e. The highest BCUT2D eigenvalue weighted by Gasteiger charge is 2.34. The molecular weight excluding hydrogens is 248 g/mol. The molecule has 0 radical (unpaired) electrons. The standard InChI is InChI=1S/C16H26N4/c1-19-15-5-6-16(19)13-20(10-7-15)11-9-17-12-14-4-2-3-8-18-14/h2-4,8,15-17H,5-7,9-13H2,1H3. The van der Waals surface area contributed by atoms with Crippen LogP contribution in [0.25, 0.3) is 0 Å². The number of pyridine rings is 1. The quantitative estimate of drug-likeness (QED) is 0.821. The first-order valence-corrected chi connectivity index (χ1v) is 7.88. The number of hydrogen-bond donors (Lipinski definition) is 1. The van der Waals surface area contributed by atoms with Gasteiger partial charge in [0.15, 0.2) is 0 Å². The summed E-state index contributed by atoms with van der Waals surface area (Å²) in [4.78, 5) is 9.58. The molecule has 0 spiro atoms. The topological polar surface area (TPSA) is 31.4 Å². The molecule has 3 heterocycles. The van der Waals surface area contributed by atoms with E-state index in [1.807, 2.05) is 18.3 Å². The van der Waals surface area contributed by atoms with E-state index in [2.05, 4.69) is 33.2 Å². The first kappa shape index (κ1) is 14.0. The van der Waals surface area contributed by atoms with E-state index in [-0.39, 0.29) is 0 Å². The molecule has 2 aliphatic heterocycles. The Morgan fingerprint density at radius 3 is 3.00 bits per heavy atom. The number of rotatable bonds is 5. The Bertz CT molecular complexity index is 408. The van der Waals surface area contributed by atoms with Crippen LogP contribution in [0, 0.1) is 0 Å². The van der Waals surface area contributed by atoms with Crippen LogP contribution in [-0.4, -0.2) is 60.1 Å². The molecule has 20 heavy (non-hydrogen) atoms. The van der Waals surface area contributed by atoms with Crippen molar-refractivity contribution in [1.29, 1.82) is 0 Å². The largest absolute Gasteiger partial charge is 0.310 e. The van der Waals surface area contributed by atoms with Gasteiger partial charge in [-0.05, 0) is 45.0 Å². The van der Waals surface area contributed by atoms with E-state index in [0.29, 0.717) is 0 Å². The zero-order chi connectivity index (χ0) is 13.8. The average Bonchev–Trinajstić information content (AvgIpc) is 2.72. The zero-order valence-electron chi connectivity index (χ0n) is 12.5. The summed E-state index contributed by atoms with van der Waals surface area (Å²) in [5, 5.41) is 3.51. The number of fused-ring (bicyclic) bond motifs is 2. The van der Waals surface area contributed by atoms with E-state index in [1.165, 1.54) is 32.4 Å². The van der Waals surface area contributed by atoms with E-state index < -0.39 is 0 Å². The number of likely N-dealkylation sites (N-methyl/N-ethyl adjacent to an activating group) is 1. The molecular formula is C16H26N4. The van der Waals surface area contributed by atoms with E-state index in [0.717, 1.165) is 37.4 Å². The first-order valence-electron chi connectivity index (χ1n) is 7.88. The highest BCUT2D eigenvalue weighted by atomic mass is 15.3.